The maximum absolute atomic E-state index is 4.94. The molecule has 0 aromatic rings. The van der Waals surface area contributed by atoms with Crippen LogP contribution in [0.2, 0.25) is 0 Å². The molecule has 0 amide bonds. The third-order valence-electron chi connectivity index (χ3n) is 1.24. The minimum absolute atomic E-state index is 0.691. The molecule has 0 radical (unpaired) electrons. The number of ether oxygens (including phenoxy) is 4. The van der Waals surface area contributed by atoms with Gasteiger partial charge in [0.1, 0.15) is 0 Å². The quantitative estimate of drug-likeness (QED) is 0.583. The summed E-state index contributed by atoms with van der Waals surface area (Å²) < 4.78 is 19.2. The predicted molar refractivity (Wildman–Crippen MR) is 45.4 cm³/mol. The highest BCUT2D eigenvalue weighted by Crippen LogP contribution is 1.85. The molecule has 0 aromatic carbocycles. The van der Waals surface area contributed by atoms with Gasteiger partial charge in [-0.05, 0) is 0 Å². The second kappa shape index (κ2) is 10.8. The van der Waals surface area contributed by atoms with Crippen LogP contribution in [0, 0.1) is 0 Å². The Balaban J connectivity index is 0.000000202. The summed E-state index contributed by atoms with van der Waals surface area (Å²) in [6.45, 7) is 4.49. The van der Waals surface area contributed by atoms with Crippen LogP contribution in [0.4, 0.5) is 0 Å². The Morgan fingerprint density at radius 3 is 1.33 bits per heavy atom. The summed E-state index contributed by atoms with van der Waals surface area (Å²) in [6.07, 6.45) is 0. The number of hydrogen-bond acceptors (Lipinski definition) is 4. The zero-order valence-electron chi connectivity index (χ0n) is 7.88. The SMILES string of the molecule is C1COCCO1.COCCOC. The highest BCUT2D eigenvalue weighted by Gasteiger charge is 1.94. The van der Waals surface area contributed by atoms with Crippen molar-refractivity contribution in [1.29, 1.82) is 0 Å². The van der Waals surface area contributed by atoms with Crippen LogP contribution in [-0.2, 0) is 18.9 Å². The smallest absolute Gasteiger partial charge is 0.0701 e. The lowest BCUT2D eigenvalue weighted by Gasteiger charge is -2.09. The zero-order chi connectivity index (χ0) is 9.07. The van der Waals surface area contributed by atoms with Crippen molar-refractivity contribution >= 4 is 0 Å². The topological polar surface area (TPSA) is 36.9 Å². The van der Waals surface area contributed by atoms with E-state index in [9.17, 15) is 0 Å². The Morgan fingerprint density at radius 2 is 1.17 bits per heavy atom. The van der Waals surface area contributed by atoms with E-state index in [1.165, 1.54) is 0 Å². The lowest BCUT2D eigenvalue weighted by Crippen LogP contribution is -2.16. The number of methoxy groups -OCH3 is 2. The molecule has 0 aromatic heterocycles. The molecular formula is C8H18O4. The lowest BCUT2D eigenvalue weighted by molar-refractivity contribution is -0.0334. The third-order valence-corrected chi connectivity index (χ3v) is 1.24. The molecule has 74 valence electrons. The first kappa shape index (κ1) is 11.8. The van der Waals surface area contributed by atoms with Gasteiger partial charge in [0.05, 0.1) is 39.6 Å². The Bertz CT molecular complexity index is 57.9. The molecule has 1 saturated heterocycles. The van der Waals surface area contributed by atoms with Crippen LogP contribution in [0.5, 0.6) is 0 Å². The van der Waals surface area contributed by atoms with Crippen LogP contribution < -0.4 is 0 Å². The summed E-state index contributed by atoms with van der Waals surface area (Å²) >= 11 is 0. The van der Waals surface area contributed by atoms with Gasteiger partial charge in [0.15, 0.2) is 0 Å². The van der Waals surface area contributed by atoms with Gasteiger partial charge in [-0.15, -0.1) is 0 Å². The molecule has 0 unspecified atom stereocenters. The van der Waals surface area contributed by atoms with Gasteiger partial charge in [0.2, 0.25) is 0 Å². The molecule has 0 N–H and O–H groups in total. The second-order valence-electron chi connectivity index (χ2n) is 2.21. The average Bonchev–Trinajstić information content (AvgIpc) is 2.18. The predicted octanol–water partition coefficient (Wildman–Crippen LogP) is 0.312. The van der Waals surface area contributed by atoms with Crippen LogP contribution >= 0.6 is 0 Å². The van der Waals surface area contributed by atoms with E-state index in [1.54, 1.807) is 14.2 Å². The number of rotatable bonds is 3. The maximum atomic E-state index is 4.94. The van der Waals surface area contributed by atoms with Crippen molar-refractivity contribution in [3.05, 3.63) is 0 Å². The molecule has 1 aliphatic heterocycles. The first-order valence-electron chi connectivity index (χ1n) is 4.05. The monoisotopic (exact) mass is 178 g/mol. The molecule has 0 atom stereocenters. The molecule has 1 heterocycles. The van der Waals surface area contributed by atoms with Gasteiger partial charge >= 0.3 is 0 Å². The third kappa shape index (κ3) is 9.84. The molecule has 0 spiro atoms. The van der Waals surface area contributed by atoms with Gasteiger partial charge in [0.25, 0.3) is 0 Å². The van der Waals surface area contributed by atoms with Gasteiger partial charge in [-0.2, -0.15) is 0 Å². The second-order valence-corrected chi connectivity index (χ2v) is 2.21. The molecule has 1 aliphatic rings. The summed E-state index contributed by atoms with van der Waals surface area (Å²) in [6, 6.07) is 0. The van der Waals surface area contributed by atoms with Gasteiger partial charge in [-0.1, -0.05) is 0 Å². The minimum Gasteiger partial charge on any atom is -0.382 e. The van der Waals surface area contributed by atoms with Crippen LogP contribution in [-0.4, -0.2) is 53.9 Å². The van der Waals surface area contributed by atoms with Crippen LogP contribution in [0.3, 0.4) is 0 Å². The summed E-state index contributed by atoms with van der Waals surface area (Å²) in [5.41, 5.74) is 0. The van der Waals surface area contributed by atoms with E-state index in [4.69, 9.17) is 9.47 Å². The minimum atomic E-state index is 0.691. The molecule has 4 nitrogen and oxygen atoms in total. The van der Waals surface area contributed by atoms with E-state index in [1.807, 2.05) is 0 Å². The first-order valence-corrected chi connectivity index (χ1v) is 4.05. The summed E-state index contributed by atoms with van der Waals surface area (Å²) in [5, 5.41) is 0. The normalized spacial score (nSPS) is 16.5. The van der Waals surface area contributed by atoms with Crippen molar-refractivity contribution in [3.8, 4) is 0 Å². The van der Waals surface area contributed by atoms with Gasteiger partial charge < -0.3 is 18.9 Å². The van der Waals surface area contributed by atoms with E-state index < -0.39 is 0 Å². The van der Waals surface area contributed by atoms with Crippen molar-refractivity contribution in [2.75, 3.05) is 53.9 Å². The highest BCUT2D eigenvalue weighted by molar-refractivity contribution is 4.37. The summed E-state index contributed by atoms with van der Waals surface area (Å²) in [5.74, 6) is 0. The molecule has 1 rings (SSSR count). The van der Waals surface area contributed by atoms with E-state index in [0.717, 1.165) is 26.4 Å². The highest BCUT2D eigenvalue weighted by atomic mass is 16.6. The molecular weight excluding hydrogens is 160 g/mol. The van der Waals surface area contributed by atoms with Crippen molar-refractivity contribution in [3.63, 3.8) is 0 Å². The van der Waals surface area contributed by atoms with Crippen LogP contribution in [0.25, 0.3) is 0 Å². The molecule has 0 saturated carbocycles. The fourth-order valence-corrected chi connectivity index (χ4v) is 0.606. The molecule has 0 bridgehead atoms. The van der Waals surface area contributed by atoms with Crippen LogP contribution in [0.15, 0.2) is 0 Å². The fourth-order valence-electron chi connectivity index (χ4n) is 0.606. The summed E-state index contributed by atoms with van der Waals surface area (Å²) in [7, 11) is 3.30. The van der Waals surface area contributed by atoms with E-state index in [-0.39, 0.29) is 0 Å². The summed E-state index contributed by atoms with van der Waals surface area (Å²) in [4.78, 5) is 0. The zero-order valence-corrected chi connectivity index (χ0v) is 7.88. The standard InChI is InChI=1S/C4H8O2.C4H10O2/c1-2-6-4-3-5-1;1-5-3-4-6-2/h1-4H2;3-4H2,1-2H3. The molecule has 0 aliphatic carbocycles. The number of hydrogen-bond donors (Lipinski definition) is 0. The largest absolute Gasteiger partial charge is 0.382 e. The fraction of sp³-hybridized carbons (Fsp3) is 1.00. The molecule has 12 heavy (non-hydrogen) atoms. The maximum Gasteiger partial charge on any atom is 0.0701 e. The van der Waals surface area contributed by atoms with E-state index in [0.29, 0.717) is 13.2 Å². The Morgan fingerprint density at radius 1 is 0.833 bits per heavy atom. The van der Waals surface area contributed by atoms with Gasteiger partial charge in [0, 0.05) is 14.2 Å². The Labute approximate surface area is 73.7 Å². The van der Waals surface area contributed by atoms with Gasteiger partial charge in [-0.3, -0.25) is 0 Å². The Hall–Kier alpha value is -0.160. The first-order chi connectivity index (χ1) is 5.91. The van der Waals surface area contributed by atoms with Crippen molar-refractivity contribution in [2.45, 2.75) is 0 Å². The van der Waals surface area contributed by atoms with Gasteiger partial charge in [-0.25, -0.2) is 0 Å². The van der Waals surface area contributed by atoms with Crippen molar-refractivity contribution < 1.29 is 18.9 Å². The average molecular weight is 178 g/mol. The van der Waals surface area contributed by atoms with Crippen molar-refractivity contribution in [1.82, 2.24) is 0 Å². The Kier molecular flexibility index (Phi) is 10.7. The van der Waals surface area contributed by atoms with Crippen LogP contribution in [0.1, 0.15) is 0 Å². The molecule has 4 heteroatoms. The van der Waals surface area contributed by atoms with E-state index in [2.05, 4.69) is 9.47 Å². The van der Waals surface area contributed by atoms with E-state index >= 15 is 0 Å². The van der Waals surface area contributed by atoms with Crippen molar-refractivity contribution in [2.24, 2.45) is 0 Å². The molecule has 1 fully saturated rings. The lowest BCUT2D eigenvalue weighted by atomic mass is 10.6.